The van der Waals surface area contributed by atoms with Crippen molar-refractivity contribution < 1.29 is 0 Å². The molecule has 0 bridgehead atoms. The Morgan fingerprint density at radius 2 is 1.68 bits per heavy atom. The third-order valence-electron chi connectivity index (χ3n) is 4.86. The van der Waals surface area contributed by atoms with Crippen LogP contribution in [0.1, 0.15) is 79.1 Å². The number of hydrogen-bond acceptors (Lipinski definition) is 2. The molecule has 2 nitrogen and oxygen atoms in total. The zero-order chi connectivity index (χ0) is 14.1. The van der Waals surface area contributed by atoms with Crippen LogP contribution in [-0.2, 0) is 0 Å². The highest BCUT2D eigenvalue weighted by Crippen LogP contribution is 2.30. The molecule has 0 spiro atoms. The molecule has 0 radical (unpaired) electrons. The summed E-state index contributed by atoms with van der Waals surface area (Å²) in [5.41, 5.74) is 0.459. The van der Waals surface area contributed by atoms with Crippen molar-refractivity contribution in [1.29, 1.82) is 0 Å². The van der Waals surface area contributed by atoms with Gasteiger partial charge in [-0.3, -0.25) is 4.90 Å². The highest BCUT2D eigenvalue weighted by Gasteiger charge is 2.32. The molecule has 19 heavy (non-hydrogen) atoms. The molecule has 1 N–H and O–H groups in total. The van der Waals surface area contributed by atoms with Crippen molar-refractivity contribution in [2.45, 2.75) is 90.6 Å². The minimum atomic E-state index is 0.459. The third kappa shape index (κ3) is 5.43. The van der Waals surface area contributed by atoms with Gasteiger partial charge in [0.2, 0.25) is 0 Å². The summed E-state index contributed by atoms with van der Waals surface area (Å²) in [5, 5.41) is 3.61. The maximum atomic E-state index is 3.61. The van der Waals surface area contributed by atoms with Gasteiger partial charge in [0.05, 0.1) is 0 Å². The first-order chi connectivity index (χ1) is 9.16. The Balaban J connectivity index is 2.47. The summed E-state index contributed by atoms with van der Waals surface area (Å²) in [4.78, 5) is 2.79. The van der Waals surface area contributed by atoms with E-state index in [1.54, 1.807) is 0 Å². The van der Waals surface area contributed by atoms with Crippen LogP contribution >= 0.6 is 0 Å². The first kappa shape index (κ1) is 17.0. The van der Waals surface area contributed by atoms with E-state index in [-0.39, 0.29) is 0 Å². The molecule has 1 atom stereocenters. The molecule has 1 aliphatic heterocycles. The van der Waals surface area contributed by atoms with E-state index in [4.69, 9.17) is 0 Å². The summed E-state index contributed by atoms with van der Waals surface area (Å²) < 4.78 is 0. The van der Waals surface area contributed by atoms with E-state index >= 15 is 0 Å². The van der Waals surface area contributed by atoms with Gasteiger partial charge in [0.1, 0.15) is 0 Å². The fourth-order valence-electron chi connectivity index (χ4n) is 3.65. The predicted octanol–water partition coefficient (Wildman–Crippen LogP) is 4.20. The lowest BCUT2D eigenvalue weighted by Crippen LogP contribution is -2.52. The monoisotopic (exact) mass is 268 g/mol. The molecule has 1 heterocycles. The van der Waals surface area contributed by atoms with Crippen molar-refractivity contribution in [3.05, 3.63) is 0 Å². The molecular weight excluding hydrogens is 232 g/mol. The lowest BCUT2D eigenvalue weighted by atomic mass is 9.85. The number of piperidine rings is 1. The van der Waals surface area contributed by atoms with Gasteiger partial charge in [-0.2, -0.15) is 0 Å². The van der Waals surface area contributed by atoms with Crippen LogP contribution in [0.2, 0.25) is 0 Å². The molecule has 1 unspecified atom stereocenters. The normalized spacial score (nSPS) is 21.5. The molecule has 1 saturated heterocycles. The number of unbranched alkanes of at least 4 members (excludes halogenated alkanes) is 2. The molecule has 0 aromatic carbocycles. The van der Waals surface area contributed by atoms with Crippen molar-refractivity contribution in [2.75, 3.05) is 19.6 Å². The van der Waals surface area contributed by atoms with Crippen molar-refractivity contribution in [2.24, 2.45) is 0 Å². The summed E-state index contributed by atoms with van der Waals surface area (Å²) in [6.07, 6.45) is 10.9. The van der Waals surface area contributed by atoms with Gasteiger partial charge in [-0.25, -0.2) is 0 Å². The maximum Gasteiger partial charge on any atom is 0.0181 e. The van der Waals surface area contributed by atoms with Gasteiger partial charge in [-0.15, -0.1) is 0 Å². The molecule has 1 aliphatic rings. The van der Waals surface area contributed by atoms with Crippen LogP contribution in [-0.4, -0.2) is 36.1 Å². The van der Waals surface area contributed by atoms with Crippen LogP contribution in [0.25, 0.3) is 0 Å². The van der Waals surface area contributed by atoms with Crippen LogP contribution in [0, 0.1) is 0 Å². The van der Waals surface area contributed by atoms with E-state index in [2.05, 4.69) is 37.9 Å². The Bertz CT molecular complexity index is 221. The van der Waals surface area contributed by atoms with Crippen molar-refractivity contribution in [3.8, 4) is 0 Å². The molecule has 0 aromatic rings. The molecule has 1 fully saturated rings. The van der Waals surface area contributed by atoms with Gasteiger partial charge in [0.15, 0.2) is 0 Å². The van der Waals surface area contributed by atoms with Gasteiger partial charge < -0.3 is 5.32 Å². The predicted molar refractivity (Wildman–Crippen MR) is 85.7 cm³/mol. The molecule has 0 amide bonds. The molecule has 0 aromatic heterocycles. The summed E-state index contributed by atoms with van der Waals surface area (Å²) in [7, 11) is 0. The molecule has 0 saturated carbocycles. The van der Waals surface area contributed by atoms with Crippen molar-refractivity contribution in [3.63, 3.8) is 0 Å². The highest BCUT2D eigenvalue weighted by atomic mass is 15.2. The quantitative estimate of drug-likeness (QED) is 0.631. The SMILES string of the molecule is CCCCCC(C)(CCC)N1CCC(NCC)CC1. The van der Waals surface area contributed by atoms with E-state index in [0.29, 0.717) is 5.54 Å². The van der Waals surface area contributed by atoms with Crippen LogP contribution < -0.4 is 5.32 Å². The molecule has 0 aliphatic carbocycles. The Morgan fingerprint density at radius 3 is 2.21 bits per heavy atom. The number of nitrogens with one attached hydrogen (secondary N) is 1. The second kappa shape index (κ2) is 8.97. The molecule has 1 rings (SSSR count). The van der Waals surface area contributed by atoms with Crippen LogP contribution in [0.15, 0.2) is 0 Å². The lowest BCUT2D eigenvalue weighted by molar-refractivity contribution is 0.0530. The molecular formula is C17H36N2. The minimum Gasteiger partial charge on any atom is -0.314 e. The highest BCUT2D eigenvalue weighted by molar-refractivity contribution is 4.90. The van der Waals surface area contributed by atoms with E-state index < -0.39 is 0 Å². The van der Waals surface area contributed by atoms with Crippen LogP contribution in [0.5, 0.6) is 0 Å². The smallest absolute Gasteiger partial charge is 0.0181 e. The molecule has 114 valence electrons. The zero-order valence-electron chi connectivity index (χ0n) is 13.8. The van der Waals surface area contributed by atoms with Crippen molar-refractivity contribution >= 4 is 0 Å². The van der Waals surface area contributed by atoms with E-state index in [9.17, 15) is 0 Å². The van der Waals surface area contributed by atoms with Crippen LogP contribution in [0.4, 0.5) is 0 Å². The number of nitrogens with zero attached hydrogens (tertiary/aromatic N) is 1. The fourth-order valence-corrected chi connectivity index (χ4v) is 3.65. The van der Waals surface area contributed by atoms with E-state index in [1.807, 2.05) is 0 Å². The zero-order valence-corrected chi connectivity index (χ0v) is 13.8. The summed E-state index contributed by atoms with van der Waals surface area (Å²) >= 11 is 0. The Labute approximate surface area is 121 Å². The minimum absolute atomic E-state index is 0.459. The standard InChI is InChI=1S/C17H36N2/c1-5-8-9-13-17(4,12-6-2)19-14-10-16(11-15-19)18-7-3/h16,18H,5-15H2,1-4H3. The van der Waals surface area contributed by atoms with Gasteiger partial charge >= 0.3 is 0 Å². The van der Waals surface area contributed by atoms with Gasteiger partial charge in [-0.1, -0.05) is 46.5 Å². The Morgan fingerprint density at radius 1 is 1.00 bits per heavy atom. The number of likely N-dealkylation sites (tertiary alicyclic amines) is 1. The van der Waals surface area contributed by atoms with Crippen molar-refractivity contribution in [1.82, 2.24) is 10.2 Å². The average molecular weight is 268 g/mol. The first-order valence-electron chi connectivity index (χ1n) is 8.64. The van der Waals surface area contributed by atoms with Gasteiger partial charge in [-0.05, 0) is 39.2 Å². The second-order valence-electron chi connectivity index (χ2n) is 6.52. The average Bonchev–Trinajstić information content (AvgIpc) is 2.40. The Hall–Kier alpha value is -0.0800. The molecule has 2 heteroatoms. The number of hydrogen-bond donors (Lipinski definition) is 1. The third-order valence-corrected chi connectivity index (χ3v) is 4.86. The van der Waals surface area contributed by atoms with E-state index in [0.717, 1.165) is 12.6 Å². The summed E-state index contributed by atoms with van der Waals surface area (Å²) in [6, 6.07) is 0.766. The van der Waals surface area contributed by atoms with Gasteiger partial charge in [0, 0.05) is 24.7 Å². The first-order valence-corrected chi connectivity index (χ1v) is 8.64. The second-order valence-corrected chi connectivity index (χ2v) is 6.52. The fraction of sp³-hybridized carbons (Fsp3) is 1.00. The number of rotatable bonds is 9. The largest absolute Gasteiger partial charge is 0.314 e. The Kier molecular flexibility index (Phi) is 8.01. The lowest BCUT2D eigenvalue weighted by Gasteiger charge is -2.45. The topological polar surface area (TPSA) is 15.3 Å². The summed E-state index contributed by atoms with van der Waals surface area (Å²) in [5.74, 6) is 0. The maximum absolute atomic E-state index is 3.61. The van der Waals surface area contributed by atoms with Crippen LogP contribution in [0.3, 0.4) is 0 Å². The van der Waals surface area contributed by atoms with E-state index in [1.165, 1.54) is 64.5 Å². The van der Waals surface area contributed by atoms with Gasteiger partial charge in [0.25, 0.3) is 0 Å². The summed E-state index contributed by atoms with van der Waals surface area (Å²) in [6.45, 7) is 13.1.